The Kier molecular flexibility index (Phi) is 5.88. The van der Waals surface area contributed by atoms with Crippen molar-refractivity contribution in [2.75, 3.05) is 7.11 Å². The Balaban J connectivity index is 1.67. The smallest absolute Gasteiger partial charge is 0.271 e. The molecule has 0 radical (unpaired) electrons. The van der Waals surface area contributed by atoms with Gasteiger partial charge in [0.1, 0.15) is 22.3 Å². The molecule has 3 aromatic rings. The van der Waals surface area contributed by atoms with Crippen molar-refractivity contribution in [1.29, 1.82) is 0 Å². The molecule has 0 spiro atoms. The number of rotatable bonds is 7. The van der Waals surface area contributed by atoms with Crippen LogP contribution >= 0.6 is 11.3 Å². The standard InChI is InChI=1S/C18H16FN3O3S/c1-24-10-16-22-15(11-26-16)17(23)21-9-12-4-3-7-20-18(12)25-14-6-2-5-13(19)8-14/h2-8,11H,9-10H2,1H3,(H,21,23). The lowest BCUT2D eigenvalue weighted by Gasteiger charge is -2.10. The number of halogens is 1. The first kappa shape index (κ1) is 18.0. The van der Waals surface area contributed by atoms with Crippen molar-refractivity contribution in [3.63, 3.8) is 0 Å². The molecule has 8 heteroatoms. The fraction of sp³-hybridized carbons (Fsp3) is 0.167. The summed E-state index contributed by atoms with van der Waals surface area (Å²) in [4.78, 5) is 20.6. The summed E-state index contributed by atoms with van der Waals surface area (Å²) in [5.41, 5.74) is 0.996. The summed E-state index contributed by atoms with van der Waals surface area (Å²) in [6, 6.07) is 9.29. The topological polar surface area (TPSA) is 73.3 Å². The molecule has 0 unspecified atom stereocenters. The van der Waals surface area contributed by atoms with E-state index in [4.69, 9.17) is 9.47 Å². The van der Waals surface area contributed by atoms with E-state index in [2.05, 4.69) is 15.3 Å². The highest BCUT2D eigenvalue weighted by molar-refractivity contribution is 7.09. The largest absolute Gasteiger partial charge is 0.439 e. The van der Waals surface area contributed by atoms with E-state index in [1.807, 2.05) is 0 Å². The number of hydrogen-bond donors (Lipinski definition) is 1. The maximum Gasteiger partial charge on any atom is 0.271 e. The van der Waals surface area contributed by atoms with E-state index in [1.54, 1.807) is 43.0 Å². The van der Waals surface area contributed by atoms with Crippen LogP contribution in [0.3, 0.4) is 0 Å². The molecule has 3 rings (SSSR count). The molecule has 2 heterocycles. The fourth-order valence-corrected chi connectivity index (χ4v) is 2.91. The normalized spacial score (nSPS) is 10.5. The van der Waals surface area contributed by atoms with Crippen molar-refractivity contribution in [1.82, 2.24) is 15.3 Å². The molecule has 0 aliphatic heterocycles. The Bertz CT molecular complexity index is 901. The van der Waals surface area contributed by atoms with E-state index in [1.165, 1.54) is 23.5 Å². The molecule has 6 nitrogen and oxygen atoms in total. The van der Waals surface area contributed by atoms with Crippen molar-refractivity contribution in [3.05, 3.63) is 70.1 Å². The van der Waals surface area contributed by atoms with Crippen LogP contribution in [0.15, 0.2) is 48.0 Å². The van der Waals surface area contributed by atoms with Crippen LogP contribution < -0.4 is 10.1 Å². The molecule has 0 saturated carbocycles. The third-order valence-corrected chi connectivity index (χ3v) is 4.17. The fourth-order valence-electron chi connectivity index (χ4n) is 2.16. The molecular formula is C18H16FN3O3S. The molecule has 0 aliphatic rings. The number of carbonyl (C=O) groups excluding carboxylic acids is 1. The van der Waals surface area contributed by atoms with Gasteiger partial charge in [-0.25, -0.2) is 14.4 Å². The van der Waals surface area contributed by atoms with Crippen LogP contribution in [-0.2, 0) is 17.9 Å². The van der Waals surface area contributed by atoms with Gasteiger partial charge in [0.05, 0.1) is 6.61 Å². The molecule has 0 bridgehead atoms. The van der Waals surface area contributed by atoms with Crippen LogP contribution in [0.1, 0.15) is 21.1 Å². The first-order chi connectivity index (χ1) is 12.7. The number of hydrogen-bond acceptors (Lipinski definition) is 6. The predicted molar refractivity (Wildman–Crippen MR) is 94.7 cm³/mol. The van der Waals surface area contributed by atoms with Crippen LogP contribution in [0.4, 0.5) is 4.39 Å². The van der Waals surface area contributed by atoms with E-state index in [9.17, 15) is 9.18 Å². The maximum atomic E-state index is 13.3. The summed E-state index contributed by atoms with van der Waals surface area (Å²) in [6.07, 6.45) is 1.57. The van der Waals surface area contributed by atoms with Gasteiger partial charge in [0, 0.05) is 36.9 Å². The van der Waals surface area contributed by atoms with E-state index in [0.717, 1.165) is 5.01 Å². The highest BCUT2D eigenvalue weighted by Crippen LogP contribution is 2.23. The molecular weight excluding hydrogens is 357 g/mol. The van der Waals surface area contributed by atoms with Gasteiger partial charge in [0.2, 0.25) is 5.88 Å². The molecule has 0 saturated heterocycles. The molecule has 1 aromatic carbocycles. The second kappa shape index (κ2) is 8.50. The van der Waals surface area contributed by atoms with Gasteiger partial charge >= 0.3 is 0 Å². The summed E-state index contributed by atoms with van der Waals surface area (Å²) in [6.45, 7) is 0.570. The van der Waals surface area contributed by atoms with Crippen molar-refractivity contribution < 1.29 is 18.7 Å². The second-order valence-corrected chi connectivity index (χ2v) is 6.21. The number of aromatic nitrogens is 2. The maximum absolute atomic E-state index is 13.3. The summed E-state index contributed by atoms with van der Waals surface area (Å²) in [7, 11) is 1.57. The molecule has 1 N–H and O–H groups in total. The van der Waals surface area contributed by atoms with Crippen molar-refractivity contribution in [3.8, 4) is 11.6 Å². The Morgan fingerprint density at radius 2 is 2.19 bits per heavy atom. The Hall–Kier alpha value is -2.84. The molecule has 0 aliphatic carbocycles. The zero-order chi connectivity index (χ0) is 18.4. The minimum absolute atomic E-state index is 0.203. The van der Waals surface area contributed by atoms with E-state index in [-0.39, 0.29) is 12.5 Å². The lowest BCUT2D eigenvalue weighted by molar-refractivity contribution is 0.0945. The summed E-state index contributed by atoms with van der Waals surface area (Å²) >= 11 is 1.36. The average molecular weight is 373 g/mol. The lowest BCUT2D eigenvalue weighted by atomic mass is 10.2. The Morgan fingerprint density at radius 1 is 1.31 bits per heavy atom. The number of carbonyl (C=O) groups is 1. The quantitative estimate of drug-likeness (QED) is 0.686. The third-order valence-electron chi connectivity index (χ3n) is 3.35. The van der Waals surface area contributed by atoms with Gasteiger partial charge in [-0.1, -0.05) is 12.1 Å². The Labute approximate surface area is 153 Å². The number of amides is 1. The van der Waals surface area contributed by atoms with Crippen molar-refractivity contribution >= 4 is 17.2 Å². The van der Waals surface area contributed by atoms with E-state index >= 15 is 0 Å². The molecule has 0 atom stereocenters. The third kappa shape index (κ3) is 4.62. The number of pyridine rings is 1. The van der Waals surface area contributed by atoms with E-state index < -0.39 is 5.82 Å². The van der Waals surface area contributed by atoms with Crippen LogP contribution in [-0.4, -0.2) is 23.0 Å². The van der Waals surface area contributed by atoms with Gasteiger partial charge in [-0.05, 0) is 18.2 Å². The van der Waals surface area contributed by atoms with Gasteiger partial charge in [-0.15, -0.1) is 11.3 Å². The number of nitrogens with zero attached hydrogens (tertiary/aromatic N) is 2. The minimum atomic E-state index is -0.399. The summed E-state index contributed by atoms with van der Waals surface area (Å²) in [5.74, 6) is -0.0652. The van der Waals surface area contributed by atoms with Gasteiger partial charge in [-0.3, -0.25) is 4.79 Å². The first-order valence-corrected chi connectivity index (χ1v) is 8.62. The molecule has 134 valence electrons. The SMILES string of the molecule is COCc1nc(C(=O)NCc2cccnc2Oc2cccc(F)c2)cs1. The van der Waals surface area contributed by atoms with Gasteiger partial charge < -0.3 is 14.8 Å². The molecule has 26 heavy (non-hydrogen) atoms. The number of nitrogens with one attached hydrogen (secondary N) is 1. The Morgan fingerprint density at radius 3 is 3.00 bits per heavy atom. The second-order valence-electron chi connectivity index (χ2n) is 5.27. The minimum Gasteiger partial charge on any atom is -0.439 e. The average Bonchev–Trinajstić information content (AvgIpc) is 3.10. The van der Waals surface area contributed by atoms with Gasteiger partial charge in [-0.2, -0.15) is 0 Å². The zero-order valence-corrected chi connectivity index (χ0v) is 14.8. The summed E-state index contributed by atoms with van der Waals surface area (Å²) in [5, 5.41) is 5.19. The molecule has 2 aromatic heterocycles. The van der Waals surface area contributed by atoms with Crippen LogP contribution in [0.2, 0.25) is 0 Å². The van der Waals surface area contributed by atoms with Crippen molar-refractivity contribution in [2.45, 2.75) is 13.2 Å². The lowest BCUT2D eigenvalue weighted by Crippen LogP contribution is -2.23. The number of ether oxygens (including phenoxy) is 2. The van der Waals surface area contributed by atoms with Crippen molar-refractivity contribution in [2.24, 2.45) is 0 Å². The molecule has 0 fully saturated rings. The van der Waals surface area contributed by atoms with Crippen LogP contribution in [0.5, 0.6) is 11.6 Å². The summed E-state index contributed by atoms with van der Waals surface area (Å²) < 4.78 is 23.9. The highest BCUT2D eigenvalue weighted by Gasteiger charge is 2.13. The van der Waals surface area contributed by atoms with Crippen LogP contribution in [0.25, 0.3) is 0 Å². The predicted octanol–water partition coefficient (Wildman–Crippen LogP) is 3.55. The van der Waals surface area contributed by atoms with Gasteiger partial charge in [0.25, 0.3) is 5.91 Å². The van der Waals surface area contributed by atoms with E-state index in [0.29, 0.717) is 29.5 Å². The van der Waals surface area contributed by atoms with Crippen LogP contribution in [0, 0.1) is 5.82 Å². The number of thiazole rings is 1. The molecule has 1 amide bonds. The first-order valence-electron chi connectivity index (χ1n) is 7.74. The number of benzene rings is 1. The highest BCUT2D eigenvalue weighted by atomic mass is 32.1. The monoisotopic (exact) mass is 373 g/mol. The van der Waals surface area contributed by atoms with Gasteiger partial charge in [0.15, 0.2) is 0 Å². The zero-order valence-electron chi connectivity index (χ0n) is 13.9. The number of methoxy groups -OCH3 is 1.